The van der Waals surface area contributed by atoms with Gasteiger partial charge in [-0.2, -0.15) is 0 Å². The normalized spacial score (nSPS) is 10.8. The first kappa shape index (κ1) is 11.7. The Kier molecular flexibility index (Phi) is 3.16. The molecule has 4 nitrogen and oxygen atoms in total. The summed E-state index contributed by atoms with van der Waals surface area (Å²) in [5, 5.41) is 0. The van der Waals surface area contributed by atoms with Gasteiger partial charge in [-0.25, -0.2) is 4.98 Å². The first-order chi connectivity index (χ1) is 9.36. The fourth-order valence-electron chi connectivity index (χ4n) is 1.89. The van der Waals surface area contributed by atoms with Crippen molar-refractivity contribution in [3.05, 3.63) is 48.5 Å². The summed E-state index contributed by atoms with van der Waals surface area (Å²) < 4.78 is 11.2. The number of hydrogen-bond acceptors (Lipinski definition) is 4. The highest BCUT2D eigenvalue weighted by Gasteiger charge is 2.08. The van der Waals surface area contributed by atoms with Crippen molar-refractivity contribution in [1.82, 2.24) is 4.98 Å². The van der Waals surface area contributed by atoms with Crippen molar-refractivity contribution in [3.63, 3.8) is 0 Å². The van der Waals surface area contributed by atoms with E-state index < -0.39 is 0 Å². The molecule has 2 aromatic carbocycles. The monoisotopic (exact) mass is 254 g/mol. The van der Waals surface area contributed by atoms with Crippen molar-refractivity contribution in [2.45, 2.75) is 0 Å². The van der Waals surface area contributed by atoms with Gasteiger partial charge in [-0.05, 0) is 30.3 Å². The highest BCUT2D eigenvalue weighted by molar-refractivity contribution is 5.76. The molecule has 0 saturated carbocycles. The van der Waals surface area contributed by atoms with Gasteiger partial charge >= 0.3 is 0 Å². The largest absolute Gasteiger partial charge is 0.492 e. The highest BCUT2D eigenvalue weighted by Crippen LogP contribution is 2.26. The van der Waals surface area contributed by atoms with Crippen molar-refractivity contribution >= 4 is 11.1 Å². The number of rotatable bonds is 4. The number of hydrogen-bond donors (Lipinski definition) is 1. The Hall–Kier alpha value is -2.33. The summed E-state index contributed by atoms with van der Waals surface area (Å²) in [7, 11) is 0. The van der Waals surface area contributed by atoms with Crippen molar-refractivity contribution in [2.24, 2.45) is 5.73 Å². The molecule has 2 N–H and O–H groups in total. The molecule has 0 fully saturated rings. The molecular formula is C15H14N2O2. The third-order valence-corrected chi connectivity index (χ3v) is 2.76. The third-order valence-electron chi connectivity index (χ3n) is 2.76. The average molecular weight is 254 g/mol. The van der Waals surface area contributed by atoms with Gasteiger partial charge in [0.2, 0.25) is 5.89 Å². The summed E-state index contributed by atoms with van der Waals surface area (Å²) in [5.41, 5.74) is 7.95. The van der Waals surface area contributed by atoms with Crippen LogP contribution >= 0.6 is 0 Å². The number of benzene rings is 2. The van der Waals surface area contributed by atoms with Crippen LogP contribution in [0.15, 0.2) is 52.9 Å². The maximum absolute atomic E-state index is 5.72. The molecule has 3 aromatic rings. The van der Waals surface area contributed by atoms with Gasteiger partial charge in [0.15, 0.2) is 5.58 Å². The van der Waals surface area contributed by atoms with E-state index in [9.17, 15) is 0 Å². The minimum absolute atomic E-state index is 0.493. The molecular weight excluding hydrogens is 240 g/mol. The second-order valence-corrected chi connectivity index (χ2v) is 4.15. The Morgan fingerprint density at radius 1 is 1.11 bits per heavy atom. The molecule has 96 valence electrons. The fraction of sp³-hybridized carbons (Fsp3) is 0.133. The second kappa shape index (κ2) is 5.12. The van der Waals surface area contributed by atoms with Gasteiger partial charge in [0.05, 0.1) is 0 Å². The summed E-state index contributed by atoms with van der Waals surface area (Å²) in [6.07, 6.45) is 0. The predicted octanol–water partition coefficient (Wildman–Crippen LogP) is 2.83. The number of ether oxygens (including phenoxy) is 1. The summed E-state index contributed by atoms with van der Waals surface area (Å²) in [4.78, 5) is 4.46. The molecule has 0 saturated heterocycles. The van der Waals surface area contributed by atoms with Crippen LogP contribution in [0.25, 0.3) is 22.6 Å². The number of nitrogens with two attached hydrogens (primary N) is 1. The maximum Gasteiger partial charge on any atom is 0.227 e. The van der Waals surface area contributed by atoms with Crippen LogP contribution in [0.2, 0.25) is 0 Å². The van der Waals surface area contributed by atoms with Crippen molar-refractivity contribution in [3.8, 4) is 17.2 Å². The van der Waals surface area contributed by atoms with Crippen LogP contribution in [0.5, 0.6) is 5.75 Å². The minimum Gasteiger partial charge on any atom is -0.492 e. The van der Waals surface area contributed by atoms with E-state index in [0.717, 1.165) is 22.4 Å². The summed E-state index contributed by atoms with van der Waals surface area (Å²) >= 11 is 0. The van der Waals surface area contributed by atoms with Gasteiger partial charge in [-0.15, -0.1) is 0 Å². The lowest BCUT2D eigenvalue weighted by Crippen LogP contribution is -2.10. The van der Waals surface area contributed by atoms with Crippen molar-refractivity contribution in [2.75, 3.05) is 13.2 Å². The van der Waals surface area contributed by atoms with E-state index in [1.807, 2.05) is 48.5 Å². The molecule has 19 heavy (non-hydrogen) atoms. The molecule has 0 spiro atoms. The van der Waals surface area contributed by atoms with Crippen LogP contribution in [-0.2, 0) is 0 Å². The Balaban J connectivity index is 1.96. The molecule has 0 radical (unpaired) electrons. The van der Waals surface area contributed by atoms with Crippen molar-refractivity contribution < 1.29 is 9.15 Å². The van der Waals surface area contributed by atoms with Gasteiger partial charge in [0.25, 0.3) is 0 Å². The van der Waals surface area contributed by atoms with E-state index in [2.05, 4.69) is 4.98 Å². The van der Waals surface area contributed by atoms with Crippen LogP contribution in [-0.4, -0.2) is 18.1 Å². The summed E-state index contributed by atoms with van der Waals surface area (Å²) in [6, 6.07) is 15.4. The fourth-order valence-corrected chi connectivity index (χ4v) is 1.89. The van der Waals surface area contributed by atoms with Crippen LogP contribution in [0.3, 0.4) is 0 Å². The lowest BCUT2D eigenvalue weighted by molar-refractivity contribution is 0.328. The van der Waals surface area contributed by atoms with E-state index in [0.29, 0.717) is 19.0 Å². The van der Waals surface area contributed by atoms with E-state index in [-0.39, 0.29) is 0 Å². The number of fused-ring (bicyclic) bond motifs is 1. The maximum atomic E-state index is 5.72. The lowest BCUT2D eigenvalue weighted by atomic mass is 10.2. The summed E-state index contributed by atoms with van der Waals surface area (Å²) in [5.74, 6) is 1.37. The number of nitrogens with zero attached hydrogens (tertiary/aromatic N) is 1. The van der Waals surface area contributed by atoms with Crippen molar-refractivity contribution in [1.29, 1.82) is 0 Å². The topological polar surface area (TPSA) is 61.3 Å². The Morgan fingerprint density at radius 2 is 2.00 bits per heavy atom. The zero-order valence-electron chi connectivity index (χ0n) is 10.4. The molecule has 0 aliphatic rings. The molecule has 0 aliphatic carbocycles. The first-order valence-electron chi connectivity index (χ1n) is 6.16. The molecule has 3 rings (SSSR count). The van der Waals surface area contributed by atoms with Crippen LogP contribution in [0.4, 0.5) is 0 Å². The third kappa shape index (κ3) is 2.44. The van der Waals surface area contributed by atoms with Crippen LogP contribution in [0.1, 0.15) is 0 Å². The molecule has 0 unspecified atom stereocenters. The van der Waals surface area contributed by atoms with E-state index in [1.54, 1.807) is 0 Å². The van der Waals surface area contributed by atoms with Gasteiger partial charge in [-0.1, -0.05) is 18.2 Å². The quantitative estimate of drug-likeness (QED) is 0.777. The zero-order chi connectivity index (χ0) is 13.1. The molecule has 4 heteroatoms. The first-order valence-corrected chi connectivity index (χ1v) is 6.16. The zero-order valence-corrected chi connectivity index (χ0v) is 10.4. The smallest absolute Gasteiger partial charge is 0.227 e. The predicted molar refractivity (Wildman–Crippen MR) is 74.0 cm³/mol. The Morgan fingerprint density at radius 3 is 2.84 bits per heavy atom. The second-order valence-electron chi connectivity index (χ2n) is 4.15. The summed E-state index contributed by atoms with van der Waals surface area (Å²) in [6.45, 7) is 0.990. The molecule has 1 aromatic heterocycles. The molecule has 0 bridgehead atoms. The van der Waals surface area contributed by atoms with Gasteiger partial charge in [0, 0.05) is 12.1 Å². The van der Waals surface area contributed by atoms with E-state index in [1.165, 1.54) is 0 Å². The molecule has 1 heterocycles. The van der Waals surface area contributed by atoms with E-state index in [4.69, 9.17) is 14.9 Å². The minimum atomic E-state index is 0.493. The number of oxazole rings is 1. The molecule has 0 aliphatic heterocycles. The SMILES string of the molecule is NCCOc1cccc(-c2nc3ccccc3o2)c1. The van der Waals surface area contributed by atoms with Gasteiger partial charge < -0.3 is 14.9 Å². The highest BCUT2D eigenvalue weighted by atomic mass is 16.5. The molecule has 0 amide bonds. The molecule has 0 atom stereocenters. The Labute approximate surface area is 110 Å². The Bertz CT molecular complexity index is 658. The van der Waals surface area contributed by atoms with E-state index >= 15 is 0 Å². The van der Waals surface area contributed by atoms with Gasteiger partial charge in [0.1, 0.15) is 17.9 Å². The number of aromatic nitrogens is 1. The van der Waals surface area contributed by atoms with Crippen LogP contribution in [0, 0.1) is 0 Å². The van der Waals surface area contributed by atoms with Gasteiger partial charge in [-0.3, -0.25) is 0 Å². The lowest BCUT2D eigenvalue weighted by Gasteiger charge is -2.04. The standard InChI is InChI=1S/C15H14N2O2/c16-8-9-18-12-5-3-4-11(10-12)15-17-13-6-1-2-7-14(13)19-15/h1-7,10H,8-9,16H2. The van der Waals surface area contributed by atoms with Crippen LogP contribution < -0.4 is 10.5 Å². The number of para-hydroxylation sites is 2. The average Bonchev–Trinajstić information content (AvgIpc) is 2.89.